The molecule has 2 rings (SSSR count). The van der Waals surface area contributed by atoms with E-state index in [-0.39, 0.29) is 12.4 Å². The van der Waals surface area contributed by atoms with E-state index in [0.29, 0.717) is 12.0 Å². The average molecular weight is 262 g/mol. The standard InChI is InChI=1S/C11H19N3S.ClH/c1-8(2)10-5-13-11(15-10)7-14-4-3-9(12)6-14;/h5,8-9H,3-4,6-7,12H2,1-2H3;1H. The number of likely N-dealkylation sites (tertiary alicyclic amines) is 1. The quantitative estimate of drug-likeness (QED) is 0.907. The molecule has 2 N–H and O–H groups in total. The molecule has 0 radical (unpaired) electrons. The van der Waals surface area contributed by atoms with Gasteiger partial charge in [0.15, 0.2) is 0 Å². The largest absolute Gasteiger partial charge is 0.326 e. The molecule has 1 fully saturated rings. The van der Waals surface area contributed by atoms with Crippen LogP contribution in [0, 0.1) is 0 Å². The fraction of sp³-hybridized carbons (Fsp3) is 0.727. The van der Waals surface area contributed by atoms with Gasteiger partial charge in [0.25, 0.3) is 0 Å². The number of thiazole rings is 1. The van der Waals surface area contributed by atoms with Gasteiger partial charge < -0.3 is 5.73 Å². The number of rotatable bonds is 3. The highest BCUT2D eigenvalue weighted by molar-refractivity contribution is 7.11. The van der Waals surface area contributed by atoms with Crippen molar-refractivity contribution in [3.63, 3.8) is 0 Å². The molecule has 0 amide bonds. The zero-order valence-corrected chi connectivity index (χ0v) is 11.5. The van der Waals surface area contributed by atoms with Crippen LogP contribution < -0.4 is 5.73 Å². The molecule has 1 saturated heterocycles. The molecule has 0 aliphatic carbocycles. The van der Waals surface area contributed by atoms with Crippen LogP contribution in [0.4, 0.5) is 0 Å². The number of hydrogen-bond donors (Lipinski definition) is 1. The summed E-state index contributed by atoms with van der Waals surface area (Å²) in [5.74, 6) is 0.595. The summed E-state index contributed by atoms with van der Waals surface area (Å²) in [6, 6.07) is 0.370. The molecule has 1 aromatic heterocycles. The van der Waals surface area contributed by atoms with E-state index in [2.05, 4.69) is 23.7 Å². The van der Waals surface area contributed by atoms with E-state index in [1.54, 1.807) is 0 Å². The fourth-order valence-corrected chi connectivity index (χ4v) is 2.83. The first-order valence-corrected chi connectivity index (χ1v) is 6.39. The van der Waals surface area contributed by atoms with Gasteiger partial charge in [0, 0.05) is 30.2 Å². The second-order valence-corrected chi connectivity index (χ2v) is 5.74. The molecule has 1 aliphatic heterocycles. The minimum atomic E-state index is 0. The predicted octanol–water partition coefficient (Wildman–Crippen LogP) is 2.22. The maximum atomic E-state index is 5.87. The van der Waals surface area contributed by atoms with Crippen molar-refractivity contribution in [2.24, 2.45) is 5.73 Å². The van der Waals surface area contributed by atoms with Crippen LogP contribution in [0.15, 0.2) is 6.20 Å². The van der Waals surface area contributed by atoms with Gasteiger partial charge in [-0.25, -0.2) is 4.98 Å². The third kappa shape index (κ3) is 3.42. The monoisotopic (exact) mass is 261 g/mol. The summed E-state index contributed by atoms with van der Waals surface area (Å²) in [6.45, 7) is 7.55. The molecule has 3 nitrogen and oxygen atoms in total. The minimum absolute atomic E-state index is 0. The lowest BCUT2D eigenvalue weighted by Gasteiger charge is -2.12. The average Bonchev–Trinajstić information content (AvgIpc) is 2.76. The van der Waals surface area contributed by atoms with Crippen molar-refractivity contribution in [3.05, 3.63) is 16.1 Å². The first-order chi connectivity index (χ1) is 7.15. The Bertz CT molecular complexity index is 327. The molecule has 0 aromatic carbocycles. The highest BCUT2D eigenvalue weighted by Gasteiger charge is 2.20. The van der Waals surface area contributed by atoms with E-state index in [9.17, 15) is 0 Å². The van der Waals surface area contributed by atoms with Gasteiger partial charge in [-0.1, -0.05) is 13.8 Å². The van der Waals surface area contributed by atoms with Gasteiger partial charge in [0.05, 0.1) is 6.54 Å². The number of halogens is 1. The molecule has 0 bridgehead atoms. The summed E-state index contributed by atoms with van der Waals surface area (Å²) in [5.41, 5.74) is 5.87. The van der Waals surface area contributed by atoms with Crippen molar-refractivity contribution in [2.75, 3.05) is 13.1 Å². The highest BCUT2D eigenvalue weighted by atomic mass is 35.5. The molecule has 1 atom stereocenters. The zero-order valence-electron chi connectivity index (χ0n) is 9.85. The summed E-state index contributed by atoms with van der Waals surface area (Å²) in [6.07, 6.45) is 3.14. The third-order valence-electron chi connectivity index (χ3n) is 2.81. The normalized spacial score (nSPS) is 21.4. The lowest BCUT2D eigenvalue weighted by atomic mass is 10.2. The molecule has 2 heterocycles. The Morgan fingerprint density at radius 2 is 2.38 bits per heavy atom. The molecule has 5 heteroatoms. The van der Waals surface area contributed by atoms with Crippen molar-refractivity contribution < 1.29 is 0 Å². The van der Waals surface area contributed by atoms with Gasteiger partial charge in [-0.2, -0.15) is 0 Å². The maximum absolute atomic E-state index is 5.87. The van der Waals surface area contributed by atoms with Gasteiger partial charge in [0.2, 0.25) is 0 Å². The van der Waals surface area contributed by atoms with E-state index in [1.807, 2.05) is 17.5 Å². The van der Waals surface area contributed by atoms with E-state index >= 15 is 0 Å². The zero-order chi connectivity index (χ0) is 10.8. The van der Waals surface area contributed by atoms with Crippen LogP contribution in [0.1, 0.15) is 36.1 Å². The molecular weight excluding hydrogens is 242 g/mol. The number of hydrogen-bond acceptors (Lipinski definition) is 4. The van der Waals surface area contributed by atoms with Crippen LogP contribution in [0.25, 0.3) is 0 Å². The summed E-state index contributed by atoms with van der Waals surface area (Å²) in [7, 11) is 0. The fourth-order valence-electron chi connectivity index (χ4n) is 1.86. The van der Waals surface area contributed by atoms with E-state index in [0.717, 1.165) is 26.1 Å². The lowest BCUT2D eigenvalue weighted by Crippen LogP contribution is -2.26. The number of aromatic nitrogens is 1. The second-order valence-electron chi connectivity index (χ2n) is 4.59. The topological polar surface area (TPSA) is 42.2 Å². The first kappa shape index (κ1) is 13.9. The van der Waals surface area contributed by atoms with Crippen LogP contribution in [0.5, 0.6) is 0 Å². The van der Waals surface area contributed by atoms with Crippen molar-refractivity contribution in [1.82, 2.24) is 9.88 Å². The van der Waals surface area contributed by atoms with Crippen LogP contribution in [-0.4, -0.2) is 29.0 Å². The molecule has 1 aromatic rings. The molecule has 16 heavy (non-hydrogen) atoms. The molecule has 0 saturated carbocycles. The van der Waals surface area contributed by atoms with Gasteiger partial charge >= 0.3 is 0 Å². The maximum Gasteiger partial charge on any atom is 0.107 e. The summed E-state index contributed by atoms with van der Waals surface area (Å²) in [4.78, 5) is 8.24. The van der Waals surface area contributed by atoms with Gasteiger partial charge in [0.1, 0.15) is 5.01 Å². The molecule has 1 aliphatic rings. The van der Waals surface area contributed by atoms with E-state index in [1.165, 1.54) is 9.88 Å². The Morgan fingerprint density at radius 3 is 2.88 bits per heavy atom. The molecule has 92 valence electrons. The van der Waals surface area contributed by atoms with Crippen LogP contribution >= 0.6 is 23.7 Å². The predicted molar refractivity (Wildman–Crippen MR) is 71.3 cm³/mol. The lowest BCUT2D eigenvalue weighted by molar-refractivity contribution is 0.326. The minimum Gasteiger partial charge on any atom is -0.326 e. The first-order valence-electron chi connectivity index (χ1n) is 5.57. The number of nitrogens with zero attached hydrogens (tertiary/aromatic N) is 2. The van der Waals surface area contributed by atoms with Crippen LogP contribution in [0.3, 0.4) is 0 Å². The van der Waals surface area contributed by atoms with Crippen molar-refractivity contribution >= 4 is 23.7 Å². The summed E-state index contributed by atoms with van der Waals surface area (Å²) < 4.78 is 0. The van der Waals surface area contributed by atoms with Gasteiger partial charge in [-0.05, 0) is 12.3 Å². The molecule has 0 spiro atoms. The van der Waals surface area contributed by atoms with Crippen LogP contribution in [0.2, 0.25) is 0 Å². The Kier molecular flexibility index (Phi) is 5.18. The Balaban J connectivity index is 0.00000128. The highest BCUT2D eigenvalue weighted by Crippen LogP contribution is 2.23. The number of nitrogens with two attached hydrogens (primary N) is 1. The summed E-state index contributed by atoms with van der Waals surface area (Å²) >= 11 is 1.84. The van der Waals surface area contributed by atoms with Gasteiger partial charge in [-0.15, -0.1) is 23.7 Å². The van der Waals surface area contributed by atoms with Crippen molar-refractivity contribution in [3.8, 4) is 0 Å². The Labute approximate surface area is 107 Å². The second kappa shape index (κ2) is 5.96. The summed E-state index contributed by atoms with van der Waals surface area (Å²) in [5, 5.41) is 1.23. The molecular formula is C11H20ClN3S. The smallest absolute Gasteiger partial charge is 0.107 e. The third-order valence-corrected chi connectivity index (χ3v) is 4.09. The van der Waals surface area contributed by atoms with E-state index < -0.39 is 0 Å². The molecule has 1 unspecified atom stereocenters. The van der Waals surface area contributed by atoms with Crippen LogP contribution in [-0.2, 0) is 6.54 Å². The Morgan fingerprint density at radius 1 is 1.62 bits per heavy atom. The Hall–Kier alpha value is -0.160. The SMILES string of the molecule is CC(C)c1cnc(CN2CCC(N)C2)s1.Cl. The van der Waals surface area contributed by atoms with Gasteiger partial charge in [-0.3, -0.25) is 4.90 Å². The van der Waals surface area contributed by atoms with Crippen molar-refractivity contribution in [2.45, 2.75) is 38.8 Å². The van der Waals surface area contributed by atoms with Crippen molar-refractivity contribution in [1.29, 1.82) is 0 Å². The van der Waals surface area contributed by atoms with E-state index in [4.69, 9.17) is 5.73 Å².